The number of fused-ring (bicyclic) bond motifs is 1. The highest BCUT2D eigenvalue weighted by Crippen LogP contribution is 2.36. The van der Waals surface area contributed by atoms with Crippen LogP contribution >= 0.6 is 0 Å². The van der Waals surface area contributed by atoms with E-state index >= 15 is 0 Å². The second kappa shape index (κ2) is 8.91. The Morgan fingerprint density at radius 1 is 0.960 bits per heavy atom. The summed E-state index contributed by atoms with van der Waals surface area (Å²) in [7, 11) is 0. The number of nitrogens with one attached hydrogen (secondary N) is 1. The first kappa shape index (κ1) is 17.8. The first-order valence-electron chi connectivity index (χ1n) is 9.51. The van der Waals surface area contributed by atoms with Gasteiger partial charge in [-0.1, -0.05) is 44.2 Å². The minimum Gasteiger partial charge on any atom is -0.490 e. The molecule has 0 fully saturated rings. The lowest BCUT2D eigenvalue weighted by molar-refractivity contribution is 0.267. The van der Waals surface area contributed by atoms with Gasteiger partial charge in [-0.15, -0.1) is 0 Å². The van der Waals surface area contributed by atoms with Crippen LogP contribution in [-0.4, -0.2) is 19.8 Å². The van der Waals surface area contributed by atoms with Crippen molar-refractivity contribution >= 4 is 0 Å². The third kappa shape index (κ3) is 4.55. The molecule has 1 N–H and O–H groups in total. The topological polar surface area (TPSA) is 30.5 Å². The van der Waals surface area contributed by atoms with Gasteiger partial charge in [-0.25, -0.2) is 0 Å². The van der Waals surface area contributed by atoms with Crippen molar-refractivity contribution in [3.8, 4) is 11.5 Å². The van der Waals surface area contributed by atoms with Crippen molar-refractivity contribution in [1.29, 1.82) is 0 Å². The van der Waals surface area contributed by atoms with Crippen LogP contribution in [-0.2, 0) is 12.8 Å². The summed E-state index contributed by atoms with van der Waals surface area (Å²) >= 11 is 0. The quantitative estimate of drug-likeness (QED) is 0.756. The molecule has 134 valence electrons. The number of ether oxygens (including phenoxy) is 2. The first-order valence-corrected chi connectivity index (χ1v) is 9.51. The van der Waals surface area contributed by atoms with Gasteiger partial charge in [-0.3, -0.25) is 0 Å². The highest BCUT2D eigenvalue weighted by atomic mass is 16.5. The highest BCUT2D eigenvalue weighted by Gasteiger charge is 2.23. The van der Waals surface area contributed by atoms with Crippen LogP contribution < -0.4 is 14.8 Å². The summed E-state index contributed by atoms with van der Waals surface area (Å²) < 4.78 is 12.0. The third-order valence-electron chi connectivity index (χ3n) is 4.57. The number of benzene rings is 2. The number of hydrogen-bond acceptors (Lipinski definition) is 3. The molecule has 1 unspecified atom stereocenters. The SMILES string of the molecule is CCCOc1cc2c(cc1OCCC)C(Cc1ccccc1)NCC2. The van der Waals surface area contributed by atoms with Crippen LogP contribution in [0.25, 0.3) is 0 Å². The van der Waals surface area contributed by atoms with Gasteiger partial charge >= 0.3 is 0 Å². The van der Waals surface area contributed by atoms with Crippen LogP contribution in [0.3, 0.4) is 0 Å². The maximum absolute atomic E-state index is 6.00. The smallest absolute Gasteiger partial charge is 0.161 e. The van der Waals surface area contributed by atoms with E-state index in [4.69, 9.17) is 9.47 Å². The summed E-state index contributed by atoms with van der Waals surface area (Å²) in [5.41, 5.74) is 4.09. The molecule has 1 atom stereocenters. The van der Waals surface area contributed by atoms with Crippen molar-refractivity contribution in [2.75, 3.05) is 19.8 Å². The van der Waals surface area contributed by atoms with Crippen LogP contribution in [0.4, 0.5) is 0 Å². The van der Waals surface area contributed by atoms with Gasteiger partial charge in [0, 0.05) is 6.04 Å². The molecule has 3 heteroatoms. The van der Waals surface area contributed by atoms with E-state index in [0.717, 1.165) is 56.9 Å². The number of rotatable bonds is 8. The zero-order valence-corrected chi connectivity index (χ0v) is 15.4. The molecular weight excluding hydrogens is 310 g/mol. The zero-order chi connectivity index (χ0) is 17.5. The molecule has 3 rings (SSSR count). The predicted molar refractivity (Wildman–Crippen MR) is 103 cm³/mol. The molecule has 0 aromatic heterocycles. The van der Waals surface area contributed by atoms with Crippen LogP contribution in [0.5, 0.6) is 11.5 Å². The molecule has 2 aromatic rings. The van der Waals surface area contributed by atoms with Crippen LogP contribution in [0, 0.1) is 0 Å². The molecule has 0 saturated carbocycles. The Morgan fingerprint density at radius 3 is 2.32 bits per heavy atom. The first-order chi connectivity index (χ1) is 12.3. The lowest BCUT2D eigenvalue weighted by Crippen LogP contribution is -2.31. The second-order valence-electron chi connectivity index (χ2n) is 6.64. The minimum atomic E-state index is 0.329. The Kier molecular flexibility index (Phi) is 6.35. The minimum absolute atomic E-state index is 0.329. The standard InChI is InChI=1S/C22H29NO2/c1-3-12-24-21-15-18-10-11-23-20(14-17-8-6-5-7-9-17)19(18)16-22(21)25-13-4-2/h5-9,15-16,20,23H,3-4,10-14H2,1-2H3. The molecule has 25 heavy (non-hydrogen) atoms. The highest BCUT2D eigenvalue weighted by molar-refractivity contribution is 5.50. The lowest BCUT2D eigenvalue weighted by atomic mass is 9.90. The van der Waals surface area contributed by atoms with Gasteiger partial charge in [-0.2, -0.15) is 0 Å². The van der Waals surface area contributed by atoms with E-state index in [1.54, 1.807) is 0 Å². The molecule has 2 aromatic carbocycles. The molecule has 0 bridgehead atoms. The molecule has 0 radical (unpaired) electrons. The van der Waals surface area contributed by atoms with Gasteiger partial charge in [0.05, 0.1) is 13.2 Å². The summed E-state index contributed by atoms with van der Waals surface area (Å²) in [6.07, 6.45) is 4.03. The summed E-state index contributed by atoms with van der Waals surface area (Å²) in [5.74, 6) is 1.78. The van der Waals surface area contributed by atoms with E-state index in [1.807, 2.05) is 0 Å². The summed E-state index contributed by atoms with van der Waals surface area (Å²) in [5, 5.41) is 3.67. The van der Waals surface area contributed by atoms with Crippen molar-refractivity contribution in [2.45, 2.75) is 45.6 Å². The Bertz CT molecular complexity index is 669. The van der Waals surface area contributed by atoms with Gasteiger partial charge in [-0.05, 0) is 61.1 Å². The fourth-order valence-corrected chi connectivity index (χ4v) is 3.33. The molecule has 1 aliphatic rings. The second-order valence-corrected chi connectivity index (χ2v) is 6.64. The average Bonchev–Trinajstić information content (AvgIpc) is 2.65. The van der Waals surface area contributed by atoms with Crippen molar-refractivity contribution in [3.05, 3.63) is 59.2 Å². The van der Waals surface area contributed by atoms with E-state index in [2.05, 4.69) is 61.6 Å². The van der Waals surface area contributed by atoms with Gasteiger partial charge in [0.15, 0.2) is 11.5 Å². The van der Waals surface area contributed by atoms with Crippen LogP contribution in [0.15, 0.2) is 42.5 Å². The molecule has 3 nitrogen and oxygen atoms in total. The maximum Gasteiger partial charge on any atom is 0.161 e. The molecule has 1 heterocycles. The monoisotopic (exact) mass is 339 g/mol. The predicted octanol–water partition coefficient (Wildman–Crippen LogP) is 4.69. The van der Waals surface area contributed by atoms with Crippen LogP contribution in [0.2, 0.25) is 0 Å². The van der Waals surface area contributed by atoms with Gasteiger partial charge in [0.25, 0.3) is 0 Å². The third-order valence-corrected chi connectivity index (χ3v) is 4.57. The van der Waals surface area contributed by atoms with Crippen molar-refractivity contribution in [1.82, 2.24) is 5.32 Å². The molecule has 0 aliphatic carbocycles. The largest absolute Gasteiger partial charge is 0.490 e. The molecule has 0 saturated heterocycles. The van der Waals surface area contributed by atoms with E-state index in [0.29, 0.717) is 6.04 Å². The molecule has 0 spiro atoms. The lowest BCUT2D eigenvalue weighted by Gasteiger charge is -2.28. The van der Waals surface area contributed by atoms with Gasteiger partial charge in [0.1, 0.15) is 0 Å². The van der Waals surface area contributed by atoms with Gasteiger partial charge < -0.3 is 14.8 Å². The van der Waals surface area contributed by atoms with E-state index in [1.165, 1.54) is 16.7 Å². The fourth-order valence-electron chi connectivity index (χ4n) is 3.33. The normalized spacial score (nSPS) is 16.3. The van der Waals surface area contributed by atoms with Crippen molar-refractivity contribution in [3.63, 3.8) is 0 Å². The van der Waals surface area contributed by atoms with Gasteiger partial charge in [0.2, 0.25) is 0 Å². The fraction of sp³-hybridized carbons (Fsp3) is 0.455. The zero-order valence-electron chi connectivity index (χ0n) is 15.4. The number of hydrogen-bond donors (Lipinski definition) is 1. The molecule has 0 amide bonds. The van der Waals surface area contributed by atoms with Crippen molar-refractivity contribution in [2.24, 2.45) is 0 Å². The average molecular weight is 339 g/mol. The Morgan fingerprint density at radius 2 is 1.64 bits per heavy atom. The summed E-state index contributed by atoms with van der Waals surface area (Å²) in [6.45, 7) is 6.72. The molecular formula is C22H29NO2. The Hall–Kier alpha value is -2.00. The van der Waals surface area contributed by atoms with E-state index in [9.17, 15) is 0 Å². The summed E-state index contributed by atoms with van der Waals surface area (Å²) in [4.78, 5) is 0. The van der Waals surface area contributed by atoms with Crippen LogP contribution in [0.1, 0.15) is 49.4 Å². The Labute approximate surface area is 151 Å². The van der Waals surface area contributed by atoms with E-state index < -0.39 is 0 Å². The van der Waals surface area contributed by atoms with E-state index in [-0.39, 0.29) is 0 Å². The Balaban J connectivity index is 1.88. The summed E-state index contributed by atoms with van der Waals surface area (Å²) in [6, 6.07) is 15.4. The van der Waals surface area contributed by atoms with Crippen molar-refractivity contribution < 1.29 is 9.47 Å². The maximum atomic E-state index is 6.00. The molecule has 1 aliphatic heterocycles.